The summed E-state index contributed by atoms with van der Waals surface area (Å²) in [5, 5.41) is 10.1. The van der Waals surface area contributed by atoms with E-state index in [4.69, 9.17) is 4.74 Å². The zero-order chi connectivity index (χ0) is 16.8. The van der Waals surface area contributed by atoms with Crippen molar-refractivity contribution in [1.29, 1.82) is 0 Å². The summed E-state index contributed by atoms with van der Waals surface area (Å²) in [7, 11) is 1.72. The molecule has 0 amide bonds. The number of ether oxygens (including phenoxy) is 1. The van der Waals surface area contributed by atoms with Crippen molar-refractivity contribution in [1.82, 2.24) is 0 Å². The van der Waals surface area contributed by atoms with Gasteiger partial charge < -0.3 is 9.84 Å². The summed E-state index contributed by atoms with van der Waals surface area (Å²) in [5.41, 5.74) is 5.08. The van der Waals surface area contributed by atoms with Gasteiger partial charge in [0.1, 0.15) is 11.5 Å². The van der Waals surface area contributed by atoms with Gasteiger partial charge >= 0.3 is 0 Å². The normalized spacial score (nSPS) is 12.2. The zero-order valence-corrected chi connectivity index (χ0v) is 14.7. The van der Waals surface area contributed by atoms with E-state index >= 15 is 0 Å². The highest BCUT2D eigenvalue weighted by molar-refractivity contribution is 5.42. The standard InChI is InChI=1S/C21H28O2/c1-5-8-16-14-18(23-4)11-12-20(16)15(3)13-17-9-7-10-21(22)19(17)6-2/h7,9-12,14-15,22H,5-6,8,13H2,1-4H3. The van der Waals surface area contributed by atoms with Crippen molar-refractivity contribution in [2.45, 2.75) is 52.4 Å². The third-order valence-corrected chi connectivity index (χ3v) is 4.53. The van der Waals surface area contributed by atoms with Crippen molar-refractivity contribution in [2.24, 2.45) is 0 Å². The molecule has 1 atom stereocenters. The maximum absolute atomic E-state index is 10.1. The van der Waals surface area contributed by atoms with Crippen LogP contribution in [0.25, 0.3) is 0 Å². The minimum atomic E-state index is 0.412. The van der Waals surface area contributed by atoms with E-state index in [-0.39, 0.29) is 0 Å². The molecule has 0 bridgehead atoms. The van der Waals surface area contributed by atoms with Crippen molar-refractivity contribution in [3.8, 4) is 11.5 Å². The van der Waals surface area contributed by atoms with Crippen molar-refractivity contribution in [3.63, 3.8) is 0 Å². The van der Waals surface area contributed by atoms with E-state index in [0.717, 1.165) is 37.0 Å². The summed E-state index contributed by atoms with van der Waals surface area (Å²) in [6, 6.07) is 12.3. The van der Waals surface area contributed by atoms with Crippen molar-refractivity contribution in [2.75, 3.05) is 7.11 Å². The first-order valence-electron chi connectivity index (χ1n) is 8.57. The van der Waals surface area contributed by atoms with Gasteiger partial charge in [0.15, 0.2) is 0 Å². The first kappa shape index (κ1) is 17.4. The van der Waals surface area contributed by atoms with Crippen LogP contribution in [0.4, 0.5) is 0 Å². The molecule has 1 N–H and O–H groups in total. The van der Waals surface area contributed by atoms with Crippen LogP contribution in [0, 0.1) is 0 Å². The van der Waals surface area contributed by atoms with Gasteiger partial charge in [0.2, 0.25) is 0 Å². The first-order valence-corrected chi connectivity index (χ1v) is 8.57. The first-order chi connectivity index (χ1) is 11.1. The second-order valence-corrected chi connectivity index (χ2v) is 6.19. The van der Waals surface area contributed by atoms with Crippen LogP contribution in [0.3, 0.4) is 0 Å². The topological polar surface area (TPSA) is 29.5 Å². The van der Waals surface area contributed by atoms with Crippen LogP contribution < -0.4 is 4.74 Å². The van der Waals surface area contributed by atoms with Gasteiger partial charge in [0.25, 0.3) is 0 Å². The monoisotopic (exact) mass is 312 g/mol. The lowest BCUT2D eigenvalue weighted by molar-refractivity contribution is 0.414. The molecule has 0 saturated heterocycles. The van der Waals surface area contributed by atoms with Crippen LogP contribution in [0.1, 0.15) is 55.4 Å². The number of aryl methyl sites for hydroxylation is 1. The average Bonchev–Trinajstić information content (AvgIpc) is 2.55. The molecule has 0 saturated carbocycles. The molecule has 0 spiro atoms. The number of rotatable bonds is 7. The third-order valence-electron chi connectivity index (χ3n) is 4.53. The van der Waals surface area contributed by atoms with E-state index < -0.39 is 0 Å². The van der Waals surface area contributed by atoms with E-state index in [0.29, 0.717) is 11.7 Å². The van der Waals surface area contributed by atoms with E-state index in [9.17, 15) is 5.11 Å². The molecule has 2 heteroatoms. The molecule has 23 heavy (non-hydrogen) atoms. The minimum Gasteiger partial charge on any atom is -0.508 e. The van der Waals surface area contributed by atoms with E-state index in [2.05, 4.69) is 39.0 Å². The van der Waals surface area contributed by atoms with Gasteiger partial charge in [-0.1, -0.05) is 45.4 Å². The second-order valence-electron chi connectivity index (χ2n) is 6.19. The highest BCUT2D eigenvalue weighted by atomic mass is 16.5. The predicted molar refractivity (Wildman–Crippen MR) is 96.6 cm³/mol. The van der Waals surface area contributed by atoms with E-state index in [1.165, 1.54) is 16.7 Å². The molecule has 2 aromatic rings. The van der Waals surface area contributed by atoms with Gasteiger partial charge in [-0.2, -0.15) is 0 Å². The fourth-order valence-electron chi connectivity index (χ4n) is 3.34. The third kappa shape index (κ3) is 4.07. The zero-order valence-electron chi connectivity index (χ0n) is 14.7. The van der Waals surface area contributed by atoms with E-state index in [1.807, 2.05) is 12.1 Å². The summed E-state index contributed by atoms with van der Waals surface area (Å²) >= 11 is 0. The largest absolute Gasteiger partial charge is 0.508 e. The Hall–Kier alpha value is -1.96. The van der Waals surface area contributed by atoms with Crippen LogP contribution in [0.15, 0.2) is 36.4 Å². The second kappa shape index (κ2) is 8.05. The van der Waals surface area contributed by atoms with Gasteiger partial charge in [-0.05, 0) is 65.6 Å². The molecule has 2 aromatic carbocycles. The summed E-state index contributed by atoms with van der Waals surface area (Å²) in [5.74, 6) is 1.76. The van der Waals surface area contributed by atoms with Gasteiger partial charge in [-0.25, -0.2) is 0 Å². The van der Waals surface area contributed by atoms with Crippen LogP contribution in [-0.2, 0) is 19.3 Å². The summed E-state index contributed by atoms with van der Waals surface area (Å²) < 4.78 is 5.37. The van der Waals surface area contributed by atoms with Gasteiger partial charge in [-0.15, -0.1) is 0 Å². The fourth-order valence-corrected chi connectivity index (χ4v) is 3.34. The lowest BCUT2D eigenvalue weighted by Crippen LogP contribution is -2.05. The number of phenolic OH excluding ortho intramolecular Hbond substituents is 1. The van der Waals surface area contributed by atoms with Gasteiger partial charge in [0, 0.05) is 0 Å². The Morgan fingerprint density at radius 3 is 2.52 bits per heavy atom. The number of phenols is 1. The number of aromatic hydroxyl groups is 1. The molecule has 0 radical (unpaired) electrons. The van der Waals surface area contributed by atoms with Crippen LogP contribution in [0.5, 0.6) is 11.5 Å². The Labute approximate surface area is 140 Å². The Morgan fingerprint density at radius 1 is 1.09 bits per heavy atom. The average molecular weight is 312 g/mol. The van der Waals surface area contributed by atoms with Crippen LogP contribution in [0.2, 0.25) is 0 Å². The maximum atomic E-state index is 10.1. The highest BCUT2D eigenvalue weighted by Crippen LogP contribution is 2.31. The van der Waals surface area contributed by atoms with Crippen molar-refractivity contribution in [3.05, 3.63) is 58.7 Å². The van der Waals surface area contributed by atoms with Gasteiger partial charge in [-0.3, -0.25) is 0 Å². The molecule has 0 aromatic heterocycles. The Balaban J connectivity index is 2.30. The molecule has 124 valence electrons. The molecular formula is C21H28O2. The van der Waals surface area contributed by atoms with E-state index in [1.54, 1.807) is 13.2 Å². The number of hydrogen-bond acceptors (Lipinski definition) is 2. The molecular weight excluding hydrogens is 284 g/mol. The Kier molecular flexibility index (Phi) is 6.09. The van der Waals surface area contributed by atoms with Gasteiger partial charge in [0.05, 0.1) is 7.11 Å². The molecule has 2 nitrogen and oxygen atoms in total. The number of methoxy groups -OCH3 is 1. The summed E-state index contributed by atoms with van der Waals surface area (Å²) in [4.78, 5) is 0. The lowest BCUT2D eigenvalue weighted by Gasteiger charge is -2.19. The molecule has 0 aliphatic heterocycles. The molecule has 0 aliphatic carbocycles. The minimum absolute atomic E-state index is 0.412. The van der Waals surface area contributed by atoms with Crippen molar-refractivity contribution >= 4 is 0 Å². The maximum Gasteiger partial charge on any atom is 0.119 e. The molecule has 0 heterocycles. The summed E-state index contributed by atoms with van der Waals surface area (Å²) in [6.07, 6.45) is 4.00. The van der Waals surface area contributed by atoms with Crippen LogP contribution in [-0.4, -0.2) is 12.2 Å². The molecule has 2 rings (SSSR count). The summed E-state index contributed by atoms with van der Waals surface area (Å²) in [6.45, 7) is 6.57. The Morgan fingerprint density at radius 2 is 1.87 bits per heavy atom. The molecule has 0 fully saturated rings. The van der Waals surface area contributed by atoms with Crippen molar-refractivity contribution < 1.29 is 9.84 Å². The molecule has 1 unspecified atom stereocenters. The highest BCUT2D eigenvalue weighted by Gasteiger charge is 2.15. The quantitative estimate of drug-likeness (QED) is 0.755. The predicted octanol–water partition coefficient (Wildman–Crippen LogP) is 5.26. The van der Waals surface area contributed by atoms with Crippen LogP contribution >= 0.6 is 0 Å². The smallest absolute Gasteiger partial charge is 0.119 e. The fraction of sp³-hybridized carbons (Fsp3) is 0.429. The SMILES string of the molecule is CCCc1cc(OC)ccc1C(C)Cc1cccc(O)c1CC. The number of benzene rings is 2. The number of hydrogen-bond donors (Lipinski definition) is 1. The Bertz CT molecular complexity index is 646. The lowest BCUT2D eigenvalue weighted by atomic mass is 9.87. The molecule has 0 aliphatic rings.